The van der Waals surface area contributed by atoms with Gasteiger partial charge in [-0.25, -0.2) is 0 Å². The topological polar surface area (TPSA) is 111 Å². The van der Waals surface area contributed by atoms with Crippen molar-refractivity contribution >= 4 is 22.8 Å². The second-order valence-electron chi connectivity index (χ2n) is 7.47. The molecule has 0 amide bonds. The van der Waals surface area contributed by atoms with E-state index in [2.05, 4.69) is 10.5 Å². The van der Waals surface area contributed by atoms with Gasteiger partial charge in [0.2, 0.25) is 0 Å². The maximum absolute atomic E-state index is 11.3. The van der Waals surface area contributed by atoms with Crippen molar-refractivity contribution in [3.8, 4) is 0 Å². The van der Waals surface area contributed by atoms with Crippen LogP contribution in [0.2, 0.25) is 0 Å². The Hall–Kier alpha value is -2.77. The van der Waals surface area contributed by atoms with Crippen LogP contribution in [-0.4, -0.2) is 15.6 Å². The van der Waals surface area contributed by atoms with Gasteiger partial charge in [-0.2, -0.15) is 5.10 Å². The highest BCUT2D eigenvalue weighted by atomic mass is 16.6. The van der Waals surface area contributed by atoms with Crippen LogP contribution in [0.15, 0.2) is 34.4 Å². The molecule has 0 unspecified atom stereocenters. The quantitative estimate of drug-likeness (QED) is 0.512. The van der Waals surface area contributed by atoms with Gasteiger partial charge in [0, 0.05) is 12.5 Å². The van der Waals surface area contributed by atoms with E-state index in [1.807, 2.05) is 0 Å². The number of nitrogens with zero attached hydrogens (tertiary/aromatic N) is 3. The molecule has 2 aliphatic rings. The maximum atomic E-state index is 11.3. The molecule has 28 heavy (non-hydrogen) atoms. The van der Waals surface area contributed by atoms with Gasteiger partial charge in [0.25, 0.3) is 5.69 Å². The monoisotopic (exact) mass is 386 g/mol. The van der Waals surface area contributed by atoms with Crippen molar-refractivity contribution in [2.75, 3.05) is 5.43 Å². The zero-order valence-electron chi connectivity index (χ0n) is 16.0. The third kappa shape index (κ3) is 4.94. The van der Waals surface area contributed by atoms with Gasteiger partial charge in [-0.3, -0.25) is 25.7 Å². The SMILES string of the molecule is O=[N+]([O-])c1ccc(NN=C2CC3=C2CCCCCCCCCC3)c([N+](=O)[O-])c1. The first kappa shape index (κ1) is 20.0. The van der Waals surface area contributed by atoms with Crippen LogP contribution in [0.1, 0.15) is 70.6 Å². The molecule has 8 nitrogen and oxygen atoms in total. The predicted octanol–water partition coefficient (Wildman–Crippen LogP) is 5.89. The summed E-state index contributed by atoms with van der Waals surface area (Å²) in [5.74, 6) is 0. The maximum Gasteiger partial charge on any atom is 0.301 e. The summed E-state index contributed by atoms with van der Waals surface area (Å²) < 4.78 is 0. The predicted molar refractivity (Wildman–Crippen MR) is 109 cm³/mol. The molecule has 0 aromatic heterocycles. The van der Waals surface area contributed by atoms with Gasteiger partial charge in [-0.15, -0.1) is 0 Å². The smallest absolute Gasteiger partial charge is 0.271 e. The van der Waals surface area contributed by atoms with Crippen LogP contribution in [0, 0.1) is 20.2 Å². The lowest BCUT2D eigenvalue weighted by molar-refractivity contribution is -0.393. The Morgan fingerprint density at radius 2 is 1.50 bits per heavy atom. The molecule has 0 heterocycles. The van der Waals surface area contributed by atoms with E-state index in [1.165, 1.54) is 68.2 Å². The van der Waals surface area contributed by atoms with Gasteiger partial charge in [0.1, 0.15) is 5.69 Å². The van der Waals surface area contributed by atoms with Crippen LogP contribution in [0.25, 0.3) is 0 Å². The second kappa shape index (κ2) is 9.43. The number of benzene rings is 1. The third-order valence-corrected chi connectivity index (χ3v) is 5.51. The van der Waals surface area contributed by atoms with Gasteiger partial charge in [0.05, 0.1) is 21.6 Å². The van der Waals surface area contributed by atoms with Crippen molar-refractivity contribution in [3.05, 3.63) is 49.6 Å². The van der Waals surface area contributed by atoms with E-state index in [-0.39, 0.29) is 17.1 Å². The number of nitro groups is 2. The number of nitrogens with one attached hydrogen (secondary N) is 1. The molecule has 0 bridgehead atoms. The molecule has 150 valence electrons. The van der Waals surface area contributed by atoms with Gasteiger partial charge < -0.3 is 0 Å². The summed E-state index contributed by atoms with van der Waals surface area (Å²) in [7, 11) is 0. The van der Waals surface area contributed by atoms with Crippen molar-refractivity contribution in [1.29, 1.82) is 0 Å². The van der Waals surface area contributed by atoms with Crippen molar-refractivity contribution in [2.45, 2.75) is 70.6 Å². The summed E-state index contributed by atoms with van der Waals surface area (Å²) in [6, 6.07) is 3.55. The number of hydrazone groups is 1. The van der Waals surface area contributed by atoms with E-state index in [4.69, 9.17) is 0 Å². The summed E-state index contributed by atoms with van der Waals surface area (Å²) in [6.45, 7) is 0. The van der Waals surface area contributed by atoms with Crippen molar-refractivity contribution < 1.29 is 9.85 Å². The molecular weight excluding hydrogens is 360 g/mol. The Bertz CT molecular complexity index is 816. The molecule has 1 N–H and O–H groups in total. The first-order valence-corrected chi connectivity index (χ1v) is 10.0. The minimum atomic E-state index is -0.642. The minimum absolute atomic E-state index is 0.172. The van der Waals surface area contributed by atoms with Crippen LogP contribution in [0.4, 0.5) is 17.1 Å². The highest BCUT2D eigenvalue weighted by Gasteiger charge is 2.25. The molecule has 0 fully saturated rings. The first-order chi connectivity index (χ1) is 13.6. The van der Waals surface area contributed by atoms with Crippen LogP contribution in [0.5, 0.6) is 0 Å². The summed E-state index contributed by atoms with van der Waals surface area (Å²) in [5, 5.41) is 26.5. The first-order valence-electron chi connectivity index (χ1n) is 10.0. The summed E-state index contributed by atoms with van der Waals surface area (Å²) in [5.41, 5.74) is 6.03. The molecule has 0 atom stereocenters. The molecule has 1 aromatic carbocycles. The standard InChI is InChI=1S/C20H26N4O4/c25-23(26)16-11-12-18(20(14-16)24(27)28)21-22-19-13-15-9-7-5-3-1-2-4-6-8-10-17(15)19/h11-12,14,21H,1-10,13H2. The minimum Gasteiger partial charge on any atom is -0.271 e. The van der Waals surface area contributed by atoms with Crippen LogP contribution in [0.3, 0.4) is 0 Å². The van der Waals surface area contributed by atoms with E-state index in [0.717, 1.165) is 37.5 Å². The highest BCUT2D eigenvalue weighted by Crippen LogP contribution is 2.35. The van der Waals surface area contributed by atoms with Crippen LogP contribution in [-0.2, 0) is 0 Å². The Kier molecular flexibility index (Phi) is 6.73. The molecule has 2 aliphatic carbocycles. The third-order valence-electron chi connectivity index (χ3n) is 5.51. The molecule has 0 spiro atoms. The summed E-state index contributed by atoms with van der Waals surface area (Å²) in [6.07, 6.45) is 13.1. The van der Waals surface area contributed by atoms with Crippen molar-refractivity contribution in [3.63, 3.8) is 0 Å². The molecule has 0 saturated carbocycles. The average Bonchev–Trinajstić information content (AvgIpc) is 2.65. The molecule has 0 radical (unpaired) electrons. The number of hydrogen-bond donors (Lipinski definition) is 1. The summed E-state index contributed by atoms with van der Waals surface area (Å²) in [4.78, 5) is 20.8. The Morgan fingerprint density at radius 3 is 2.14 bits per heavy atom. The lowest BCUT2D eigenvalue weighted by Crippen LogP contribution is -2.20. The number of allylic oxidation sites excluding steroid dienone is 2. The molecule has 0 aliphatic heterocycles. The molecule has 3 rings (SSSR count). The zero-order valence-corrected chi connectivity index (χ0v) is 16.0. The van der Waals surface area contributed by atoms with E-state index >= 15 is 0 Å². The lowest BCUT2D eigenvalue weighted by atomic mass is 9.80. The van der Waals surface area contributed by atoms with Gasteiger partial charge in [-0.05, 0) is 37.3 Å². The van der Waals surface area contributed by atoms with Crippen LogP contribution >= 0.6 is 0 Å². The number of hydrogen-bond acceptors (Lipinski definition) is 6. The average molecular weight is 386 g/mol. The van der Waals surface area contributed by atoms with E-state index in [9.17, 15) is 20.2 Å². The van der Waals surface area contributed by atoms with E-state index in [0.29, 0.717) is 0 Å². The normalized spacial score (nSPS) is 19.8. The lowest BCUT2D eigenvalue weighted by Gasteiger charge is -2.27. The molecule has 8 heteroatoms. The van der Waals surface area contributed by atoms with Crippen molar-refractivity contribution in [1.82, 2.24) is 0 Å². The van der Waals surface area contributed by atoms with Gasteiger partial charge in [-0.1, -0.05) is 44.1 Å². The van der Waals surface area contributed by atoms with Gasteiger partial charge >= 0.3 is 5.69 Å². The second-order valence-corrected chi connectivity index (χ2v) is 7.47. The Balaban J connectivity index is 1.73. The Labute approximate surface area is 164 Å². The number of rotatable bonds is 4. The number of non-ortho nitro benzene ring substituents is 1. The Morgan fingerprint density at radius 1 is 0.857 bits per heavy atom. The summed E-state index contributed by atoms with van der Waals surface area (Å²) >= 11 is 0. The number of anilines is 1. The fourth-order valence-electron chi connectivity index (χ4n) is 3.89. The van der Waals surface area contributed by atoms with Crippen molar-refractivity contribution in [2.24, 2.45) is 5.10 Å². The highest BCUT2D eigenvalue weighted by molar-refractivity contribution is 6.09. The fourth-order valence-corrected chi connectivity index (χ4v) is 3.89. The number of nitro benzene ring substituents is 2. The molecule has 0 saturated heterocycles. The van der Waals surface area contributed by atoms with E-state index in [1.54, 1.807) is 0 Å². The van der Waals surface area contributed by atoms with E-state index < -0.39 is 9.85 Å². The fraction of sp³-hybridized carbons (Fsp3) is 0.550. The van der Waals surface area contributed by atoms with Crippen LogP contribution < -0.4 is 5.43 Å². The largest absolute Gasteiger partial charge is 0.301 e. The zero-order chi connectivity index (χ0) is 19.9. The molecule has 1 aromatic rings. The molecular formula is C20H26N4O4. The van der Waals surface area contributed by atoms with Gasteiger partial charge in [0.15, 0.2) is 0 Å².